The van der Waals surface area contributed by atoms with Gasteiger partial charge in [0, 0.05) is 0 Å². The fourth-order valence-corrected chi connectivity index (χ4v) is 6.21. The Labute approximate surface area is 259 Å². The molecule has 1 aliphatic heterocycles. The van der Waals surface area contributed by atoms with E-state index in [4.69, 9.17) is 18.9 Å². The molecular weight excluding hydrogens is 576 g/mol. The molecule has 0 unspecified atom stereocenters. The molecule has 8 nitrogen and oxygen atoms in total. The highest BCUT2D eigenvalue weighted by Crippen LogP contribution is 2.36. The van der Waals surface area contributed by atoms with Crippen LogP contribution in [0, 0.1) is 0 Å². The van der Waals surface area contributed by atoms with Crippen molar-refractivity contribution in [1.82, 2.24) is 4.57 Å². The van der Waals surface area contributed by atoms with Gasteiger partial charge in [-0.3, -0.25) is 9.36 Å². The van der Waals surface area contributed by atoms with Crippen LogP contribution < -0.4 is 29.1 Å². The number of thiazole rings is 1. The molecule has 0 saturated heterocycles. The average Bonchev–Trinajstić information content (AvgIpc) is 3.33. The highest BCUT2D eigenvalue weighted by atomic mass is 32.1. The van der Waals surface area contributed by atoms with E-state index in [9.17, 15) is 9.59 Å². The SMILES string of the molecule is C=CCc1cc(/C=c2/sc3n(c2=O)[C@H](c2ccc(OC)c(OC)c2)C(C(=O)OCC)=C(C)N=3)ccc1OCc1ccccc1. The summed E-state index contributed by atoms with van der Waals surface area (Å²) in [7, 11) is 3.09. The van der Waals surface area contributed by atoms with Crippen LogP contribution in [0.15, 0.2) is 100 Å². The van der Waals surface area contributed by atoms with Crippen LogP contribution >= 0.6 is 11.3 Å². The summed E-state index contributed by atoms with van der Waals surface area (Å²) in [4.78, 5) is 32.4. The Morgan fingerprint density at radius 1 is 1.02 bits per heavy atom. The summed E-state index contributed by atoms with van der Waals surface area (Å²) >= 11 is 1.27. The van der Waals surface area contributed by atoms with Crippen LogP contribution in [-0.2, 0) is 22.6 Å². The molecule has 44 heavy (non-hydrogen) atoms. The zero-order valence-electron chi connectivity index (χ0n) is 25.2. The van der Waals surface area contributed by atoms with Crippen LogP contribution in [0.1, 0.15) is 42.1 Å². The molecule has 1 aliphatic rings. The van der Waals surface area contributed by atoms with Crippen molar-refractivity contribution in [3.8, 4) is 17.2 Å². The Kier molecular flexibility index (Phi) is 9.45. The summed E-state index contributed by atoms with van der Waals surface area (Å²) in [6, 6.07) is 20.4. The van der Waals surface area contributed by atoms with Crippen molar-refractivity contribution < 1.29 is 23.7 Å². The monoisotopic (exact) mass is 610 g/mol. The Bertz CT molecular complexity index is 1910. The number of benzene rings is 3. The molecule has 226 valence electrons. The number of nitrogens with zero attached hydrogens (tertiary/aromatic N) is 2. The first kappa shape index (κ1) is 30.6. The van der Waals surface area contributed by atoms with Gasteiger partial charge in [-0.2, -0.15) is 0 Å². The maximum Gasteiger partial charge on any atom is 0.338 e. The topological polar surface area (TPSA) is 88.4 Å². The van der Waals surface area contributed by atoms with Gasteiger partial charge in [-0.25, -0.2) is 9.79 Å². The van der Waals surface area contributed by atoms with Gasteiger partial charge in [0.25, 0.3) is 5.56 Å². The molecule has 0 spiro atoms. The molecule has 9 heteroatoms. The molecule has 2 heterocycles. The molecule has 4 aromatic rings. The van der Waals surface area contributed by atoms with Gasteiger partial charge in [0.1, 0.15) is 12.4 Å². The van der Waals surface area contributed by atoms with Crippen molar-refractivity contribution in [3.05, 3.63) is 133 Å². The minimum absolute atomic E-state index is 0.191. The number of hydrogen-bond acceptors (Lipinski definition) is 8. The molecule has 5 rings (SSSR count). The first-order chi connectivity index (χ1) is 21.4. The Balaban J connectivity index is 1.59. The van der Waals surface area contributed by atoms with Crippen LogP contribution in [0.2, 0.25) is 0 Å². The molecule has 0 fully saturated rings. The summed E-state index contributed by atoms with van der Waals surface area (Å²) < 4.78 is 24.5. The molecule has 0 radical (unpaired) electrons. The van der Waals surface area contributed by atoms with Gasteiger partial charge in [0.15, 0.2) is 16.3 Å². The number of hydrogen-bond donors (Lipinski definition) is 0. The minimum Gasteiger partial charge on any atom is -0.493 e. The Hall–Kier alpha value is -4.89. The maximum absolute atomic E-state index is 14.1. The van der Waals surface area contributed by atoms with Crippen molar-refractivity contribution in [2.75, 3.05) is 20.8 Å². The van der Waals surface area contributed by atoms with Gasteiger partial charge in [-0.15, -0.1) is 6.58 Å². The van der Waals surface area contributed by atoms with Crippen molar-refractivity contribution in [2.24, 2.45) is 4.99 Å². The van der Waals surface area contributed by atoms with E-state index in [0.717, 1.165) is 22.4 Å². The molecule has 1 aromatic heterocycles. The number of fused-ring (bicyclic) bond motifs is 1. The number of aromatic nitrogens is 1. The predicted octanol–water partition coefficient (Wildman–Crippen LogP) is 5.12. The number of allylic oxidation sites excluding steroid dienone is 2. The van der Waals surface area contributed by atoms with Crippen molar-refractivity contribution >= 4 is 23.4 Å². The van der Waals surface area contributed by atoms with Crippen LogP contribution in [0.5, 0.6) is 17.2 Å². The molecule has 0 aliphatic carbocycles. The summed E-state index contributed by atoms with van der Waals surface area (Å²) in [5.41, 5.74) is 4.06. The lowest BCUT2D eigenvalue weighted by Crippen LogP contribution is -2.40. The van der Waals surface area contributed by atoms with Gasteiger partial charge in [0.2, 0.25) is 0 Å². The Morgan fingerprint density at radius 2 is 1.77 bits per heavy atom. The highest BCUT2D eigenvalue weighted by Gasteiger charge is 2.34. The first-order valence-electron chi connectivity index (χ1n) is 14.2. The van der Waals surface area contributed by atoms with Crippen LogP contribution in [-0.4, -0.2) is 31.4 Å². The Morgan fingerprint density at radius 3 is 2.48 bits per heavy atom. The number of rotatable bonds is 11. The standard InChI is InChI=1S/C35H34N2O6S/c1-6-11-25-18-24(14-16-27(25)43-21-23-12-9-8-10-13-23)19-30-33(38)37-32(26-15-17-28(40-4)29(20-26)41-5)31(34(39)42-7-2)22(3)36-35(37)44-30/h6,8-10,12-20,32H,1,7,11,21H2,2-5H3/b30-19+/t32-/m1/s1. The molecular formula is C35H34N2O6S. The van der Waals surface area contributed by atoms with Crippen molar-refractivity contribution in [1.29, 1.82) is 0 Å². The molecule has 3 aromatic carbocycles. The number of esters is 1. The van der Waals surface area contributed by atoms with E-state index < -0.39 is 12.0 Å². The molecule has 0 bridgehead atoms. The summed E-state index contributed by atoms with van der Waals surface area (Å²) in [5.74, 6) is 1.25. The molecule has 0 amide bonds. The van der Waals surface area contributed by atoms with E-state index in [1.807, 2.05) is 66.7 Å². The van der Waals surface area contributed by atoms with E-state index in [-0.39, 0.29) is 12.2 Å². The summed E-state index contributed by atoms with van der Waals surface area (Å²) in [6.07, 6.45) is 4.27. The van der Waals surface area contributed by atoms with Crippen LogP contribution in [0.4, 0.5) is 0 Å². The third-order valence-electron chi connectivity index (χ3n) is 7.22. The van der Waals surface area contributed by atoms with Gasteiger partial charge in [-0.1, -0.05) is 59.9 Å². The zero-order chi connectivity index (χ0) is 31.2. The minimum atomic E-state index is -0.766. The number of carbonyl (C=O) groups is 1. The molecule has 1 atom stereocenters. The van der Waals surface area contributed by atoms with Crippen molar-refractivity contribution in [3.63, 3.8) is 0 Å². The second kappa shape index (κ2) is 13.6. The lowest BCUT2D eigenvalue weighted by Gasteiger charge is -2.25. The predicted molar refractivity (Wildman–Crippen MR) is 171 cm³/mol. The summed E-state index contributed by atoms with van der Waals surface area (Å²) in [5, 5.41) is 0. The molecule has 0 saturated carbocycles. The third-order valence-corrected chi connectivity index (χ3v) is 8.21. The maximum atomic E-state index is 14.1. The summed E-state index contributed by atoms with van der Waals surface area (Å²) in [6.45, 7) is 8.04. The molecule has 0 N–H and O–H groups in total. The zero-order valence-corrected chi connectivity index (χ0v) is 26.0. The number of ether oxygens (including phenoxy) is 4. The fourth-order valence-electron chi connectivity index (χ4n) is 5.16. The van der Waals surface area contributed by atoms with Gasteiger partial charge in [0.05, 0.1) is 42.7 Å². The smallest absolute Gasteiger partial charge is 0.338 e. The second-order valence-electron chi connectivity index (χ2n) is 10.1. The first-order valence-corrected chi connectivity index (χ1v) is 15.0. The van der Waals surface area contributed by atoms with Gasteiger partial charge < -0.3 is 18.9 Å². The normalized spacial score (nSPS) is 14.5. The van der Waals surface area contributed by atoms with E-state index >= 15 is 0 Å². The number of methoxy groups -OCH3 is 2. The van der Waals surface area contributed by atoms with E-state index in [2.05, 4.69) is 11.6 Å². The van der Waals surface area contributed by atoms with Crippen LogP contribution in [0.3, 0.4) is 0 Å². The lowest BCUT2D eigenvalue weighted by atomic mass is 9.95. The largest absolute Gasteiger partial charge is 0.493 e. The van der Waals surface area contributed by atoms with E-state index in [0.29, 0.717) is 50.7 Å². The average molecular weight is 611 g/mol. The van der Waals surface area contributed by atoms with Crippen LogP contribution in [0.25, 0.3) is 6.08 Å². The quantitative estimate of drug-likeness (QED) is 0.173. The number of carbonyl (C=O) groups excluding carboxylic acids is 1. The van der Waals surface area contributed by atoms with Gasteiger partial charge in [-0.05, 0) is 72.9 Å². The second-order valence-corrected chi connectivity index (χ2v) is 11.1. The fraction of sp³-hybridized carbons (Fsp3) is 0.229. The van der Waals surface area contributed by atoms with E-state index in [1.54, 1.807) is 44.8 Å². The van der Waals surface area contributed by atoms with Crippen molar-refractivity contribution in [2.45, 2.75) is 32.9 Å². The lowest BCUT2D eigenvalue weighted by molar-refractivity contribution is -0.139. The van der Waals surface area contributed by atoms with E-state index in [1.165, 1.54) is 11.3 Å². The third kappa shape index (κ3) is 6.23. The highest BCUT2D eigenvalue weighted by molar-refractivity contribution is 7.07. The van der Waals surface area contributed by atoms with Gasteiger partial charge >= 0.3 is 5.97 Å².